The smallest absolute Gasteiger partial charge is 0.106 e. The maximum atomic E-state index is 4.04. The number of fused-ring (bicyclic) bond motifs is 3. The van der Waals surface area contributed by atoms with E-state index < -0.39 is 0 Å². The van der Waals surface area contributed by atoms with Gasteiger partial charge in [0, 0.05) is 17.3 Å². The van der Waals surface area contributed by atoms with E-state index in [4.69, 9.17) is 0 Å². The topological polar surface area (TPSA) is 53.4 Å². The molecule has 0 spiro atoms. The highest BCUT2D eigenvalue weighted by atomic mass is 15.2. The first-order valence-corrected chi connectivity index (χ1v) is 3.32. The standard InChI is InChI=1S/C7H4N4/c1-4-2-8-11-7(4)5-3-9-10-6(1)5/h1-3H,(H,9,10). The normalized spacial score (nSPS) is 17.8. The summed E-state index contributed by atoms with van der Waals surface area (Å²) in [5.74, 6) is 0. The van der Waals surface area contributed by atoms with Crippen molar-refractivity contribution >= 4 is 18.0 Å². The average Bonchev–Trinajstić information content (AvgIpc) is 2.52. The largest absolute Gasteiger partial charge is 0.284 e. The minimum atomic E-state index is 0.939. The van der Waals surface area contributed by atoms with Gasteiger partial charge in [-0.3, -0.25) is 5.10 Å². The van der Waals surface area contributed by atoms with Gasteiger partial charge >= 0.3 is 0 Å². The zero-order valence-corrected chi connectivity index (χ0v) is 5.57. The summed E-state index contributed by atoms with van der Waals surface area (Å²) in [6, 6.07) is 0. The zero-order chi connectivity index (χ0) is 7.26. The number of nitrogens with zero attached hydrogens (tertiary/aromatic N) is 3. The first kappa shape index (κ1) is 5.01. The molecule has 0 atom stereocenters. The Kier molecular flexibility index (Phi) is 0.671. The fourth-order valence-electron chi connectivity index (χ4n) is 1.33. The third kappa shape index (κ3) is 0.475. The van der Waals surface area contributed by atoms with Crippen LogP contribution in [0.1, 0.15) is 11.3 Å². The first-order valence-electron chi connectivity index (χ1n) is 3.32. The van der Waals surface area contributed by atoms with E-state index >= 15 is 0 Å². The molecule has 4 nitrogen and oxygen atoms in total. The number of aromatic nitrogens is 2. The average molecular weight is 144 g/mol. The van der Waals surface area contributed by atoms with E-state index in [1.54, 1.807) is 6.21 Å². The Morgan fingerprint density at radius 3 is 3.36 bits per heavy atom. The molecule has 0 saturated heterocycles. The first-order chi connectivity index (χ1) is 5.45. The highest BCUT2D eigenvalue weighted by Gasteiger charge is 2.23. The lowest BCUT2D eigenvalue weighted by Gasteiger charge is -1.86. The van der Waals surface area contributed by atoms with Crippen molar-refractivity contribution < 1.29 is 0 Å². The molecule has 0 bridgehead atoms. The molecule has 1 aliphatic carbocycles. The van der Waals surface area contributed by atoms with Crippen molar-refractivity contribution in [3.63, 3.8) is 0 Å². The molecule has 0 aromatic carbocycles. The van der Waals surface area contributed by atoms with Crippen molar-refractivity contribution in [2.24, 2.45) is 10.2 Å². The minimum Gasteiger partial charge on any atom is -0.284 e. The Hall–Kier alpha value is -1.71. The van der Waals surface area contributed by atoms with Gasteiger partial charge < -0.3 is 0 Å². The molecule has 2 aliphatic rings. The van der Waals surface area contributed by atoms with E-state index in [1.807, 2.05) is 12.3 Å². The lowest BCUT2D eigenvalue weighted by atomic mass is 10.2. The van der Waals surface area contributed by atoms with Crippen LogP contribution in [-0.4, -0.2) is 22.1 Å². The molecule has 0 amide bonds. The Balaban J connectivity index is 2.36. The number of nitrogens with one attached hydrogen (secondary N) is 1. The molecule has 2 heterocycles. The Morgan fingerprint density at radius 2 is 2.36 bits per heavy atom. The van der Waals surface area contributed by atoms with Gasteiger partial charge in [-0.25, -0.2) is 0 Å². The lowest BCUT2D eigenvalue weighted by molar-refractivity contribution is 1.08. The van der Waals surface area contributed by atoms with Crippen LogP contribution in [0.2, 0.25) is 0 Å². The molecule has 1 N–H and O–H groups in total. The van der Waals surface area contributed by atoms with Crippen LogP contribution in [0.25, 0.3) is 6.08 Å². The summed E-state index contributed by atoms with van der Waals surface area (Å²) < 4.78 is 0. The van der Waals surface area contributed by atoms with Crippen LogP contribution in [-0.2, 0) is 0 Å². The molecule has 0 unspecified atom stereocenters. The highest BCUT2D eigenvalue weighted by Crippen LogP contribution is 2.24. The molecule has 1 aromatic heterocycles. The van der Waals surface area contributed by atoms with Gasteiger partial charge in [0.25, 0.3) is 0 Å². The van der Waals surface area contributed by atoms with Gasteiger partial charge in [-0.15, -0.1) is 5.10 Å². The van der Waals surface area contributed by atoms with Crippen LogP contribution in [0.4, 0.5) is 0 Å². The Labute approximate surface area is 62.3 Å². The summed E-state index contributed by atoms with van der Waals surface area (Å²) in [5.41, 5.74) is 4.02. The van der Waals surface area contributed by atoms with E-state index in [-0.39, 0.29) is 0 Å². The second kappa shape index (κ2) is 1.47. The number of hydrogen-bond acceptors (Lipinski definition) is 3. The summed E-state index contributed by atoms with van der Waals surface area (Å²) in [7, 11) is 0. The van der Waals surface area contributed by atoms with E-state index in [0.29, 0.717) is 0 Å². The number of H-pyrrole nitrogens is 1. The van der Waals surface area contributed by atoms with Crippen LogP contribution in [0.3, 0.4) is 0 Å². The van der Waals surface area contributed by atoms with E-state index in [1.165, 1.54) is 0 Å². The third-order valence-electron chi connectivity index (χ3n) is 1.85. The van der Waals surface area contributed by atoms with Gasteiger partial charge in [-0.05, 0) is 6.08 Å². The highest BCUT2D eigenvalue weighted by molar-refractivity contribution is 6.32. The fraction of sp³-hybridized carbons (Fsp3) is 0. The van der Waals surface area contributed by atoms with Crippen molar-refractivity contribution in [1.82, 2.24) is 10.2 Å². The van der Waals surface area contributed by atoms with Crippen molar-refractivity contribution in [2.45, 2.75) is 0 Å². The maximum absolute atomic E-state index is 4.04. The summed E-state index contributed by atoms with van der Waals surface area (Å²) in [6.45, 7) is 0. The number of allylic oxidation sites excluding steroid dienone is 1. The monoisotopic (exact) mass is 144 g/mol. The summed E-state index contributed by atoms with van der Waals surface area (Å²) in [4.78, 5) is 0. The van der Waals surface area contributed by atoms with E-state index in [2.05, 4.69) is 20.4 Å². The van der Waals surface area contributed by atoms with Gasteiger partial charge in [0.2, 0.25) is 0 Å². The Morgan fingerprint density at radius 1 is 1.36 bits per heavy atom. The maximum Gasteiger partial charge on any atom is 0.106 e. The van der Waals surface area contributed by atoms with E-state index in [0.717, 1.165) is 22.5 Å². The molecule has 1 aromatic rings. The van der Waals surface area contributed by atoms with Crippen LogP contribution >= 0.6 is 0 Å². The lowest BCUT2D eigenvalue weighted by Crippen LogP contribution is -1.94. The fourth-order valence-corrected chi connectivity index (χ4v) is 1.33. The molecule has 0 fully saturated rings. The van der Waals surface area contributed by atoms with Gasteiger partial charge in [0.05, 0.1) is 11.9 Å². The number of hydrogen-bond donors (Lipinski definition) is 1. The second-order valence-electron chi connectivity index (χ2n) is 2.48. The molecule has 0 saturated carbocycles. The van der Waals surface area contributed by atoms with Crippen LogP contribution in [0, 0.1) is 0 Å². The van der Waals surface area contributed by atoms with Crippen LogP contribution in [0.5, 0.6) is 0 Å². The van der Waals surface area contributed by atoms with Gasteiger partial charge in [0.15, 0.2) is 0 Å². The van der Waals surface area contributed by atoms with Gasteiger partial charge in [-0.2, -0.15) is 10.2 Å². The van der Waals surface area contributed by atoms with Crippen molar-refractivity contribution in [3.8, 4) is 0 Å². The summed E-state index contributed by atoms with van der Waals surface area (Å²) in [6.07, 6.45) is 5.56. The molecular weight excluding hydrogens is 140 g/mol. The quantitative estimate of drug-likeness (QED) is 0.569. The van der Waals surface area contributed by atoms with E-state index in [9.17, 15) is 0 Å². The molecule has 52 valence electrons. The second-order valence-corrected chi connectivity index (χ2v) is 2.48. The van der Waals surface area contributed by atoms with Crippen LogP contribution < -0.4 is 0 Å². The predicted molar refractivity (Wildman–Crippen MR) is 41.6 cm³/mol. The molecule has 4 heteroatoms. The van der Waals surface area contributed by atoms with Crippen LogP contribution in [0.15, 0.2) is 22.0 Å². The minimum absolute atomic E-state index is 0.939. The van der Waals surface area contributed by atoms with Gasteiger partial charge in [0.1, 0.15) is 5.71 Å². The van der Waals surface area contributed by atoms with Crippen molar-refractivity contribution in [2.75, 3.05) is 0 Å². The summed E-state index contributed by atoms with van der Waals surface area (Å²) in [5, 5.41) is 14.6. The Bertz CT molecular complexity index is 408. The number of aromatic amines is 1. The molecule has 3 rings (SSSR count). The van der Waals surface area contributed by atoms with Crippen molar-refractivity contribution in [1.29, 1.82) is 0 Å². The molecule has 11 heavy (non-hydrogen) atoms. The zero-order valence-electron chi connectivity index (χ0n) is 5.57. The SMILES string of the molecule is C1=NN=C2C1=Cc1n[nH]cc12. The molecule has 0 radical (unpaired) electrons. The third-order valence-corrected chi connectivity index (χ3v) is 1.85. The summed E-state index contributed by atoms with van der Waals surface area (Å²) >= 11 is 0. The molecular formula is C7H4N4. The van der Waals surface area contributed by atoms with Gasteiger partial charge in [-0.1, -0.05) is 0 Å². The predicted octanol–water partition coefficient (Wildman–Crippen LogP) is 0.595. The van der Waals surface area contributed by atoms with Crippen molar-refractivity contribution in [3.05, 3.63) is 23.0 Å². The number of rotatable bonds is 0. The molecule has 1 aliphatic heterocycles.